The van der Waals surface area contributed by atoms with Gasteiger partial charge in [0, 0.05) is 51.7 Å². The Labute approximate surface area is 125 Å². The lowest BCUT2D eigenvalue weighted by Gasteiger charge is -2.35. The Morgan fingerprint density at radius 2 is 1.67 bits per heavy atom. The second-order valence-corrected chi connectivity index (χ2v) is 5.16. The van der Waals surface area contributed by atoms with Crippen LogP contribution in [-0.2, 0) is 0 Å². The first-order valence-electron chi connectivity index (χ1n) is 7.45. The van der Waals surface area contributed by atoms with E-state index < -0.39 is 0 Å². The van der Waals surface area contributed by atoms with Gasteiger partial charge in [-0.15, -0.1) is 0 Å². The number of pyridine rings is 2. The maximum absolute atomic E-state index is 4.42. The van der Waals surface area contributed by atoms with E-state index in [4.69, 9.17) is 0 Å². The normalized spacial score (nSPS) is 15.9. The SMILES string of the molecule is c1ccc(NCCN2CCN(c3ccccn3)CC2)nc1. The summed E-state index contributed by atoms with van der Waals surface area (Å²) >= 11 is 0. The van der Waals surface area contributed by atoms with E-state index in [9.17, 15) is 0 Å². The van der Waals surface area contributed by atoms with Gasteiger partial charge in [-0.1, -0.05) is 12.1 Å². The van der Waals surface area contributed by atoms with Gasteiger partial charge in [-0.25, -0.2) is 9.97 Å². The van der Waals surface area contributed by atoms with Crippen molar-refractivity contribution < 1.29 is 0 Å². The van der Waals surface area contributed by atoms with Gasteiger partial charge in [0.2, 0.25) is 0 Å². The number of nitrogens with zero attached hydrogens (tertiary/aromatic N) is 4. The lowest BCUT2D eigenvalue weighted by molar-refractivity contribution is 0.266. The molecule has 0 radical (unpaired) electrons. The number of aromatic nitrogens is 2. The van der Waals surface area contributed by atoms with Crippen molar-refractivity contribution in [1.29, 1.82) is 0 Å². The zero-order valence-electron chi connectivity index (χ0n) is 12.2. The molecule has 0 amide bonds. The summed E-state index contributed by atoms with van der Waals surface area (Å²) in [6, 6.07) is 12.0. The van der Waals surface area contributed by atoms with Gasteiger partial charge < -0.3 is 10.2 Å². The third kappa shape index (κ3) is 3.92. The lowest BCUT2D eigenvalue weighted by Crippen LogP contribution is -2.47. The zero-order chi connectivity index (χ0) is 14.3. The average molecular weight is 283 g/mol. The molecule has 5 heteroatoms. The fourth-order valence-electron chi connectivity index (χ4n) is 2.55. The van der Waals surface area contributed by atoms with Crippen LogP contribution < -0.4 is 10.2 Å². The Hall–Kier alpha value is -2.14. The first-order chi connectivity index (χ1) is 10.4. The highest BCUT2D eigenvalue weighted by atomic mass is 15.3. The van der Waals surface area contributed by atoms with Crippen LogP contribution >= 0.6 is 0 Å². The van der Waals surface area contributed by atoms with Gasteiger partial charge in [-0.3, -0.25) is 4.90 Å². The van der Waals surface area contributed by atoms with Crippen molar-refractivity contribution in [2.45, 2.75) is 0 Å². The Balaban J connectivity index is 1.40. The van der Waals surface area contributed by atoms with Crippen molar-refractivity contribution in [3.05, 3.63) is 48.8 Å². The molecule has 1 saturated heterocycles. The van der Waals surface area contributed by atoms with E-state index in [1.165, 1.54) is 0 Å². The van der Waals surface area contributed by atoms with Crippen LogP contribution in [0.3, 0.4) is 0 Å². The van der Waals surface area contributed by atoms with Crippen LogP contribution in [-0.4, -0.2) is 54.1 Å². The fraction of sp³-hybridized carbons (Fsp3) is 0.375. The second kappa shape index (κ2) is 7.04. The van der Waals surface area contributed by atoms with Gasteiger partial charge >= 0.3 is 0 Å². The van der Waals surface area contributed by atoms with Crippen molar-refractivity contribution in [3.8, 4) is 0 Å². The molecule has 0 atom stereocenters. The summed E-state index contributed by atoms with van der Waals surface area (Å²) in [7, 11) is 0. The number of nitrogens with one attached hydrogen (secondary N) is 1. The summed E-state index contributed by atoms with van der Waals surface area (Å²) in [5.41, 5.74) is 0. The zero-order valence-corrected chi connectivity index (χ0v) is 12.2. The second-order valence-electron chi connectivity index (χ2n) is 5.16. The van der Waals surface area contributed by atoms with Crippen LogP contribution in [0, 0.1) is 0 Å². The summed E-state index contributed by atoms with van der Waals surface area (Å²) in [6.45, 7) is 6.23. The van der Waals surface area contributed by atoms with Crippen molar-refractivity contribution >= 4 is 11.6 Å². The van der Waals surface area contributed by atoms with Gasteiger partial charge in [0.25, 0.3) is 0 Å². The molecule has 0 aromatic carbocycles. The molecule has 21 heavy (non-hydrogen) atoms. The lowest BCUT2D eigenvalue weighted by atomic mass is 10.3. The molecule has 1 fully saturated rings. The molecule has 0 unspecified atom stereocenters. The molecular formula is C16H21N5. The summed E-state index contributed by atoms with van der Waals surface area (Å²) in [5, 5.41) is 3.36. The largest absolute Gasteiger partial charge is 0.369 e. The molecule has 0 spiro atoms. The minimum Gasteiger partial charge on any atom is -0.369 e. The van der Waals surface area contributed by atoms with Crippen molar-refractivity contribution in [2.75, 3.05) is 49.5 Å². The van der Waals surface area contributed by atoms with Crippen LogP contribution in [0.25, 0.3) is 0 Å². The van der Waals surface area contributed by atoms with E-state index in [0.29, 0.717) is 0 Å². The van der Waals surface area contributed by atoms with E-state index in [1.807, 2.05) is 42.7 Å². The summed E-state index contributed by atoms with van der Waals surface area (Å²) in [4.78, 5) is 13.5. The van der Waals surface area contributed by atoms with E-state index >= 15 is 0 Å². The molecular weight excluding hydrogens is 262 g/mol. The standard InChI is InChI=1S/C16H21N5/c1-3-7-17-15(5-1)18-9-10-20-11-13-21(14-12-20)16-6-2-4-8-19-16/h1-8H,9-14H2,(H,17,18). The highest BCUT2D eigenvalue weighted by Crippen LogP contribution is 2.12. The molecule has 0 aliphatic carbocycles. The van der Waals surface area contributed by atoms with Crippen LogP contribution in [0.2, 0.25) is 0 Å². The van der Waals surface area contributed by atoms with E-state index in [2.05, 4.69) is 31.2 Å². The quantitative estimate of drug-likeness (QED) is 0.905. The summed E-state index contributed by atoms with van der Waals surface area (Å²) in [5.74, 6) is 2.04. The minimum atomic E-state index is 0.931. The monoisotopic (exact) mass is 283 g/mol. The molecule has 5 nitrogen and oxygen atoms in total. The summed E-state index contributed by atoms with van der Waals surface area (Å²) in [6.07, 6.45) is 3.67. The van der Waals surface area contributed by atoms with Crippen molar-refractivity contribution in [1.82, 2.24) is 14.9 Å². The van der Waals surface area contributed by atoms with Gasteiger partial charge in [-0.2, -0.15) is 0 Å². The molecule has 1 aliphatic rings. The Bertz CT molecular complexity index is 520. The number of rotatable bonds is 5. The van der Waals surface area contributed by atoms with Crippen molar-refractivity contribution in [2.24, 2.45) is 0 Å². The number of hydrogen-bond acceptors (Lipinski definition) is 5. The van der Waals surface area contributed by atoms with Gasteiger partial charge in [-0.05, 0) is 24.3 Å². The Kier molecular flexibility index (Phi) is 4.63. The third-order valence-electron chi connectivity index (χ3n) is 3.74. The van der Waals surface area contributed by atoms with Crippen LogP contribution in [0.5, 0.6) is 0 Å². The van der Waals surface area contributed by atoms with Crippen LogP contribution in [0.4, 0.5) is 11.6 Å². The summed E-state index contributed by atoms with van der Waals surface area (Å²) < 4.78 is 0. The molecule has 2 aromatic rings. The molecule has 3 heterocycles. The molecule has 2 aromatic heterocycles. The Morgan fingerprint density at radius 3 is 2.33 bits per heavy atom. The van der Waals surface area contributed by atoms with Crippen LogP contribution in [0.15, 0.2) is 48.8 Å². The molecule has 1 N–H and O–H groups in total. The number of piperazine rings is 1. The predicted octanol–water partition coefficient (Wildman–Crippen LogP) is 1.71. The smallest absolute Gasteiger partial charge is 0.128 e. The highest BCUT2D eigenvalue weighted by molar-refractivity contribution is 5.38. The average Bonchev–Trinajstić information content (AvgIpc) is 2.57. The van der Waals surface area contributed by atoms with Crippen LogP contribution in [0.1, 0.15) is 0 Å². The van der Waals surface area contributed by atoms with Gasteiger partial charge in [0.05, 0.1) is 0 Å². The number of anilines is 2. The van der Waals surface area contributed by atoms with E-state index in [1.54, 1.807) is 0 Å². The first-order valence-corrected chi connectivity index (χ1v) is 7.45. The van der Waals surface area contributed by atoms with Crippen molar-refractivity contribution in [3.63, 3.8) is 0 Å². The Morgan fingerprint density at radius 1 is 0.905 bits per heavy atom. The topological polar surface area (TPSA) is 44.3 Å². The molecule has 0 bridgehead atoms. The maximum atomic E-state index is 4.42. The third-order valence-corrected chi connectivity index (χ3v) is 3.74. The minimum absolute atomic E-state index is 0.931. The number of hydrogen-bond donors (Lipinski definition) is 1. The predicted molar refractivity (Wildman–Crippen MR) is 85.6 cm³/mol. The molecule has 1 aliphatic heterocycles. The van der Waals surface area contributed by atoms with E-state index in [0.717, 1.165) is 50.9 Å². The van der Waals surface area contributed by atoms with E-state index in [-0.39, 0.29) is 0 Å². The molecule has 0 saturated carbocycles. The fourth-order valence-corrected chi connectivity index (χ4v) is 2.55. The molecule has 3 rings (SSSR count). The first kappa shape index (κ1) is 13.8. The van der Waals surface area contributed by atoms with Gasteiger partial charge in [0.15, 0.2) is 0 Å². The molecule has 110 valence electrons. The van der Waals surface area contributed by atoms with Gasteiger partial charge in [0.1, 0.15) is 11.6 Å². The maximum Gasteiger partial charge on any atom is 0.128 e. The highest BCUT2D eigenvalue weighted by Gasteiger charge is 2.17.